The van der Waals surface area contributed by atoms with Crippen molar-refractivity contribution in [2.75, 3.05) is 11.4 Å². The zero-order chi connectivity index (χ0) is 15.0. The highest BCUT2D eigenvalue weighted by atomic mass is 35.5. The highest BCUT2D eigenvalue weighted by Crippen LogP contribution is 2.32. The van der Waals surface area contributed by atoms with Crippen LogP contribution >= 0.6 is 23.2 Å². The topological polar surface area (TPSA) is 40.5 Å². The van der Waals surface area contributed by atoms with Gasteiger partial charge in [0.2, 0.25) is 0 Å². The zero-order valence-corrected chi connectivity index (χ0v) is 12.7. The first-order valence-electron chi connectivity index (χ1n) is 6.59. The number of halogens is 2. The lowest BCUT2D eigenvalue weighted by Gasteiger charge is -2.20. The second kappa shape index (κ2) is 5.58. The Morgan fingerprint density at radius 1 is 1.19 bits per heavy atom. The SMILES string of the molecule is O=C(O)c1ccc2c(c1)N(Cc1cc(Cl)ccc1Cl)CC2. The third-order valence-electron chi connectivity index (χ3n) is 3.69. The number of rotatable bonds is 3. The van der Waals surface area contributed by atoms with Crippen LogP contribution in [-0.4, -0.2) is 17.6 Å². The van der Waals surface area contributed by atoms with Gasteiger partial charge in [-0.15, -0.1) is 0 Å². The van der Waals surface area contributed by atoms with Crippen LogP contribution in [0.4, 0.5) is 5.69 Å². The van der Waals surface area contributed by atoms with Crippen LogP contribution in [0.2, 0.25) is 10.0 Å². The smallest absolute Gasteiger partial charge is 0.335 e. The Morgan fingerprint density at radius 3 is 2.76 bits per heavy atom. The van der Waals surface area contributed by atoms with E-state index in [-0.39, 0.29) is 0 Å². The van der Waals surface area contributed by atoms with Gasteiger partial charge in [0.05, 0.1) is 5.56 Å². The summed E-state index contributed by atoms with van der Waals surface area (Å²) in [6.45, 7) is 1.47. The first-order chi connectivity index (χ1) is 10.0. The summed E-state index contributed by atoms with van der Waals surface area (Å²) in [5.41, 5.74) is 3.37. The van der Waals surface area contributed by atoms with E-state index >= 15 is 0 Å². The fraction of sp³-hybridized carbons (Fsp3) is 0.188. The number of hydrogen-bond donors (Lipinski definition) is 1. The number of anilines is 1. The molecule has 108 valence electrons. The summed E-state index contributed by atoms with van der Waals surface area (Å²) in [4.78, 5) is 13.2. The van der Waals surface area contributed by atoms with E-state index in [0.717, 1.165) is 29.8 Å². The Kier molecular flexibility index (Phi) is 3.79. The Morgan fingerprint density at radius 2 is 2.00 bits per heavy atom. The lowest BCUT2D eigenvalue weighted by Crippen LogP contribution is -2.20. The van der Waals surface area contributed by atoms with E-state index in [1.165, 1.54) is 0 Å². The second-order valence-corrected chi connectivity index (χ2v) is 5.90. The number of carboxylic acids is 1. The van der Waals surface area contributed by atoms with Gasteiger partial charge in [-0.25, -0.2) is 4.79 Å². The Balaban J connectivity index is 1.92. The third kappa shape index (κ3) is 2.85. The molecule has 5 heteroatoms. The Labute approximate surface area is 132 Å². The van der Waals surface area contributed by atoms with Crippen LogP contribution in [0.15, 0.2) is 36.4 Å². The average molecular weight is 322 g/mol. The molecule has 0 saturated carbocycles. The maximum Gasteiger partial charge on any atom is 0.335 e. The minimum Gasteiger partial charge on any atom is -0.478 e. The van der Waals surface area contributed by atoms with E-state index < -0.39 is 5.97 Å². The number of benzene rings is 2. The largest absolute Gasteiger partial charge is 0.478 e. The van der Waals surface area contributed by atoms with Gasteiger partial charge in [0.1, 0.15) is 0 Å². The van der Waals surface area contributed by atoms with E-state index in [2.05, 4.69) is 4.90 Å². The van der Waals surface area contributed by atoms with E-state index in [1.807, 2.05) is 12.1 Å². The monoisotopic (exact) mass is 321 g/mol. The summed E-state index contributed by atoms with van der Waals surface area (Å²) in [5, 5.41) is 10.4. The van der Waals surface area contributed by atoms with Crippen LogP contribution < -0.4 is 4.90 Å². The minimum absolute atomic E-state index is 0.304. The molecule has 1 aliphatic heterocycles. The zero-order valence-electron chi connectivity index (χ0n) is 11.1. The first kappa shape index (κ1) is 14.2. The summed E-state index contributed by atoms with van der Waals surface area (Å²) in [5.74, 6) is -0.912. The van der Waals surface area contributed by atoms with Crippen molar-refractivity contribution in [2.45, 2.75) is 13.0 Å². The summed E-state index contributed by atoms with van der Waals surface area (Å²) in [7, 11) is 0. The fourth-order valence-corrected chi connectivity index (χ4v) is 2.98. The molecule has 0 radical (unpaired) electrons. The molecule has 21 heavy (non-hydrogen) atoms. The van der Waals surface area contributed by atoms with Crippen molar-refractivity contribution in [2.24, 2.45) is 0 Å². The number of carboxylic acid groups (broad SMARTS) is 1. The predicted molar refractivity (Wildman–Crippen MR) is 84.6 cm³/mol. The molecule has 0 amide bonds. The summed E-state index contributed by atoms with van der Waals surface area (Å²) >= 11 is 12.2. The van der Waals surface area contributed by atoms with Gasteiger partial charge in [-0.1, -0.05) is 29.3 Å². The number of carbonyl (C=O) groups is 1. The maximum atomic E-state index is 11.1. The summed E-state index contributed by atoms with van der Waals surface area (Å²) < 4.78 is 0. The van der Waals surface area contributed by atoms with Gasteiger partial charge in [-0.2, -0.15) is 0 Å². The lowest BCUT2D eigenvalue weighted by molar-refractivity contribution is 0.0697. The molecular weight excluding hydrogens is 309 g/mol. The van der Waals surface area contributed by atoms with Gasteiger partial charge in [0.15, 0.2) is 0 Å². The molecule has 0 bridgehead atoms. The van der Waals surface area contributed by atoms with Crippen LogP contribution in [0.3, 0.4) is 0 Å². The van der Waals surface area contributed by atoms with Crippen molar-refractivity contribution in [1.29, 1.82) is 0 Å². The number of nitrogens with zero attached hydrogens (tertiary/aromatic N) is 1. The highest BCUT2D eigenvalue weighted by molar-refractivity contribution is 6.33. The molecule has 0 atom stereocenters. The van der Waals surface area contributed by atoms with Gasteiger partial charge < -0.3 is 10.0 Å². The molecule has 0 spiro atoms. The van der Waals surface area contributed by atoms with Gasteiger partial charge in [0, 0.05) is 28.8 Å². The Hall–Kier alpha value is -1.71. The van der Waals surface area contributed by atoms with E-state index in [9.17, 15) is 4.79 Å². The molecule has 0 unspecified atom stereocenters. The predicted octanol–water partition coefficient (Wildman–Crippen LogP) is 4.25. The van der Waals surface area contributed by atoms with E-state index in [0.29, 0.717) is 22.2 Å². The van der Waals surface area contributed by atoms with Gasteiger partial charge in [-0.3, -0.25) is 0 Å². The number of fused-ring (bicyclic) bond motifs is 1. The number of hydrogen-bond acceptors (Lipinski definition) is 2. The molecule has 3 rings (SSSR count). The lowest BCUT2D eigenvalue weighted by atomic mass is 10.1. The first-order valence-corrected chi connectivity index (χ1v) is 7.35. The van der Waals surface area contributed by atoms with Crippen LogP contribution in [-0.2, 0) is 13.0 Å². The van der Waals surface area contributed by atoms with Crippen molar-refractivity contribution in [1.82, 2.24) is 0 Å². The molecule has 0 aromatic heterocycles. The van der Waals surface area contributed by atoms with Crippen LogP contribution in [0.25, 0.3) is 0 Å². The highest BCUT2D eigenvalue weighted by Gasteiger charge is 2.21. The maximum absolute atomic E-state index is 11.1. The molecule has 0 saturated heterocycles. The summed E-state index contributed by atoms with van der Waals surface area (Å²) in [6, 6.07) is 10.7. The quantitative estimate of drug-likeness (QED) is 0.918. The van der Waals surface area contributed by atoms with Gasteiger partial charge in [0.25, 0.3) is 0 Å². The molecule has 1 heterocycles. The van der Waals surface area contributed by atoms with E-state index in [4.69, 9.17) is 28.3 Å². The van der Waals surface area contributed by atoms with Crippen molar-refractivity contribution in [3.8, 4) is 0 Å². The van der Waals surface area contributed by atoms with Gasteiger partial charge in [-0.05, 0) is 47.9 Å². The average Bonchev–Trinajstić information content (AvgIpc) is 2.85. The number of aromatic carboxylic acids is 1. The molecule has 2 aromatic rings. The van der Waals surface area contributed by atoms with Crippen LogP contribution in [0.1, 0.15) is 21.5 Å². The van der Waals surface area contributed by atoms with Crippen molar-refractivity contribution >= 4 is 34.9 Å². The minimum atomic E-state index is -0.912. The molecule has 0 fully saturated rings. The van der Waals surface area contributed by atoms with Crippen LogP contribution in [0, 0.1) is 0 Å². The van der Waals surface area contributed by atoms with Crippen molar-refractivity contribution < 1.29 is 9.90 Å². The van der Waals surface area contributed by atoms with Crippen molar-refractivity contribution in [3.63, 3.8) is 0 Å². The normalized spacial score (nSPS) is 13.3. The fourth-order valence-electron chi connectivity index (χ4n) is 2.61. The molecule has 1 N–H and O–H groups in total. The third-order valence-corrected chi connectivity index (χ3v) is 4.30. The molecular formula is C16H13Cl2NO2. The molecule has 3 nitrogen and oxygen atoms in total. The standard InChI is InChI=1S/C16H13Cl2NO2/c17-13-3-4-14(18)12(7-13)9-19-6-5-10-1-2-11(16(20)21)8-15(10)19/h1-4,7-8H,5-6,9H2,(H,20,21). The van der Waals surface area contributed by atoms with E-state index in [1.54, 1.807) is 24.3 Å². The summed E-state index contributed by atoms with van der Waals surface area (Å²) in [6.07, 6.45) is 0.910. The molecule has 1 aliphatic rings. The Bertz CT molecular complexity index is 715. The van der Waals surface area contributed by atoms with Crippen LogP contribution in [0.5, 0.6) is 0 Å². The van der Waals surface area contributed by atoms with Gasteiger partial charge >= 0.3 is 5.97 Å². The molecule has 0 aliphatic carbocycles. The van der Waals surface area contributed by atoms with Crippen molar-refractivity contribution in [3.05, 3.63) is 63.1 Å². The second-order valence-electron chi connectivity index (χ2n) is 5.06. The molecule has 2 aromatic carbocycles.